The van der Waals surface area contributed by atoms with E-state index >= 15 is 0 Å². The summed E-state index contributed by atoms with van der Waals surface area (Å²) < 4.78 is 37.7. The average Bonchev–Trinajstić information content (AvgIpc) is 3.24. The molecule has 3 heterocycles. The number of nitrogens with one attached hydrogen (secondary N) is 1. The van der Waals surface area contributed by atoms with Gasteiger partial charge in [0.15, 0.2) is 24.5 Å². The van der Waals surface area contributed by atoms with Crippen LogP contribution >= 0.6 is 0 Å². The monoisotopic (exact) mass is 495 g/mol. The zero-order chi connectivity index (χ0) is 25.7. The molecule has 5 unspecified atom stereocenters. The lowest BCUT2D eigenvalue weighted by Crippen LogP contribution is -2.64. The van der Waals surface area contributed by atoms with Crippen molar-refractivity contribution in [2.75, 3.05) is 19.0 Å². The Kier molecular flexibility index (Phi) is 8.06. The molecule has 0 bridgehead atoms. The van der Waals surface area contributed by atoms with Gasteiger partial charge in [0.1, 0.15) is 18.5 Å². The van der Waals surface area contributed by atoms with E-state index in [2.05, 4.69) is 15.3 Å². The quantitative estimate of drug-likeness (QED) is 0.400. The fourth-order valence-corrected chi connectivity index (χ4v) is 3.52. The van der Waals surface area contributed by atoms with Crippen molar-refractivity contribution in [2.24, 2.45) is 0 Å². The number of carbonyl (C=O) groups is 4. The molecule has 1 saturated heterocycles. The third-order valence-electron chi connectivity index (χ3n) is 4.76. The minimum atomic E-state index is -1.32. The predicted octanol–water partition coefficient (Wildman–Crippen LogP) is 0.726. The maximum Gasteiger partial charge on any atom is 0.321 e. The summed E-state index contributed by atoms with van der Waals surface area (Å²) >= 11 is 0. The summed E-state index contributed by atoms with van der Waals surface area (Å²) in [6.07, 6.45) is -4.84. The molecule has 1 fully saturated rings. The van der Waals surface area contributed by atoms with E-state index in [9.17, 15) is 19.2 Å². The number of furan rings is 1. The van der Waals surface area contributed by atoms with Crippen LogP contribution in [0.15, 0.2) is 16.7 Å². The highest BCUT2D eigenvalue weighted by molar-refractivity contribution is 5.86. The van der Waals surface area contributed by atoms with Gasteiger partial charge >= 0.3 is 29.9 Å². The number of hydrogen-bond donors (Lipinski definition) is 1. The number of aromatic nitrogens is 2. The van der Waals surface area contributed by atoms with E-state index < -0.39 is 54.5 Å². The highest BCUT2D eigenvalue weighted by atomic mass is 16.7. The van der Waals surface area contributed by atoms with Crippen LogP contribution in [0.3, 0.4) is 0 Å². The Morgan fingerprint density at radius 3 is 2.14 bits per heavy atom. The number of methoxy groups -OCH3 is 1. The van der Waals surface area contributed by atoms with Crippen LogP contribution in [0.1, 0.15) is 27.7 Å². The molecule has 14 nitrogen and oxygen atoms in total. The van der Waals surface area contributed by atoms with Crippen molar-refractivity contribution in [1.29, 1.82) is 0 Å². The first-order chi connectivity index (χ1) is 16.6. The summed E-state index contributed by atoms with van der Waals surface area (Å²) in [5, 5.41) is 3.42. The maximum atomic E-state index is 12.0. The number of rotatable bonds is 8. The molecule has 0 spiro atoms. The number of esters is 4. The summed E-state index contributed by atoms with van der Waals surface area (Å²) in [4.78, 5) is 55.5. The molecule has 1 aliphatic heterocycles. The third kappa shape index (κ3) is 6.35. The first kappa shape index (κ1) is 25.7. The first-order valence-electron chi connectivity index (χ1n) is 10.4. The lowest BCUT2D eigenvalue weighted by Gasteiger charge is -2.44. The van der Waals surface area contributed by atoms with Crippen LogP contribution in [0.2, 0.25) is 0 Å². The molecule has 3 rings (SSSR count). The Labute approximate surface area is 199 Å². The fourth-order valence-electron chi connectivity index (χ4n) is 3.52. The first-order valence-corrected chi connectivity index (χ1v) is 10.4. The summed E-state index contributed by atoms with van der Waals surface area (Å²) in [5.41, 5.74) is 0.199. The second kappa shape index (κ2) is 11.0. The molecular weight excluding hydrogens is 470 g/mol. The van der Waals surface area contributed by atoms with Gasteiger partial charge in [0.25, 0.3) is 0 Å². The average molecular weight is 495 g/mol. The smallest absolute Gasteiger partial charge is 0.321 e. The van der Waals surface area contributed by atoms with Gasteiger partial charge in [0.05, 0.1) is 18.8 Å². The molecule has 1 N–H and O–H groups in total. The zero-order valence-electron chi connectivity index (χ0n) is 19.6. The topological polar surface area (TPSA) is 175 Å². The van der Waals surface area contributed by atoms with E-state index in [1.165, 1.54) is 20.3 Å². The molecule has 1 aliphatic rings. The van der Waals surface area contributed by atoms with Crippen LogP contribution in [-0.4, -0.2) is 78.2 Å². The summed E-state index contributed by atoms with van der Waals surface area (Å²) in [6.45, 7) is 4.26. The molecule has 0 aliphatic carbocycles. The van der Waals surface area contributed by atoms with E-state index in [0.717, 1.165) is 20.8 Å². The van der Waals surface area contributed by atoms with Crippen LogP contribution < -0.4 is 10.1 Å². The molecule has 0 amide bonds. The van der Waals surface area contributed by atoms with Gasteiger partial charge in [0, 0.05) is 27.7 Å². The standard InChI is InChI=1S/C21H25N3O11/c1-9(25)31-8-14-15(32-10(2)26)16(33-11(3)27)17(34-12(4)28)20(35-14)22-18-13-6-7-30-19(13)24-21(23-18)29-5/h6-7,14-17,20H,8H2,1-5H3,(H,22,23,24). The van der Waals surface area contributed by atoms with Crippen molar-refractivity contribution >= 4 is 40.8 Å². The van der Waals surface area contributed by atoms with Gasteiger partial charge in [-0.2, -0.15) is 9.97 Å². The van der Waals surface area contributed by atoms with Crippen LogP contribution in [-0.2, 0) is 42.9 Å². The molecule has 14 heteroatoms. The van der Waals surface area contributed by atoms with Crippen molar-refractivity contribution in [1.82, 2.24) is 9.97 Å². The number of nitrogens with zero attached hydrogens (tertiary/aromatic N) is 2. The molecule has 0 radical (unpaired) electrons. The normalized spacial score (nSPS) is 23.7. The summed E-state index contributed by atoms with van der Waals surface area (Å²) in [6, 6.07) is 1.56. The van der Waals surface area contributed by atoms with Crippen LogP contribution in [0, 0.1) is 0 Å². The molecule has 0 saturated carbocycles. The maximum absolute atomic E-state index is 12.0. The zero-order valence-corrected chi connectivity index (χ0v) is 19.6. The van der Waals surface area contributed by atoms with E-state index in [-0.39, 0.29) is 24.1 Å². The van der Waals surface area contributed by atoms with Crippen molar-refractivity contribution < 1.29 is 52.0 Å². The number of ether oxygens (including phenoxy) is 6. The number of carbonyl (C=O) groups excluding carboxylic acids is 4. The Hall–Kier alpha value is -3.94. The van der Waals surface area contributed by atoms with Crippen molar-refractivity contribution in [3.05, 3.63) is 12.3 Å². The molecule has 35 heavy (non-hydrogen) atoms. The molecule has 2 aromatic heterocycles. The van der Waals surface area contributed by atoms with Gasteiger partial charge in [-0.25, -0.2) is 0 Å². The van der Waals surface area contributed by atoms with E-state index in [1.54, 1.807) is 6.07 Å². The highest BCUT2D eigenvalue weighted by Crippen LogP contribution is 2.32. The third-order valence-corrected chi connectivity index (χ3v) is 4.76. The second-order valence-electron chi connectivity index (χ2n) is 7.46. The molecule has 5 atom stereocenters. The second-order valence-corrected chi connectivity index (χ2v) is 7.46. The summed E-state index contributed by atoms with van der Waals surface area (Å²) in [5.74, 6) is -2.63. The largest absolute Gasteiger partial charge is 0.467 e. The van der Waals surface area contributed by atoms with Crippen molar-refractivity contribution in [3.63, 3.8) is 0 Å². The minimum Gasteiger partial charge on any atom is -0.467 e. The summed E-state index contributed by atoms with van der Waals surface area (Å²) in [7, 11) is 1.36. The van der Waals surface area contributed by atoms with Gasteiger partial charge in [0.2, 0.25) is 5.71 Å². The lowest BCUT2D eigenvalue weighted by atomic mass is 9.97. The Morgan fingerprint density at radius 1 is 0.914 bits per heavy atom. The lowest BCUT2D eigenvalue weighted by molar-refractivity contribution is -0.247. The number of hydrogen-bond acceptors (Lipinski definition) is 14. The van der Waals surface area contributed by atoms with E-state index in [0.29, 0.717) is 5.39 Å². The highest BCUT2D eigenvalue weighted by Gasteiger charge is 2.52. The molecule has 0 aromatic carbocycles. The van der Waals surface area contributed by atoms with Gasteiger partial charge in [-0.15, -0.1) is 0 Å². The molecule has 2 aromatic rings. The Balaban J connectivity index is 2.05. The van der Waals surface area contributed by atoms with Crippen LogP contribution in [0.25, 0.3) is 11.1 Å². The minimum absolute atomic E-state index is 0.0272. The fraction of sp³-hybridized carbons (Fsp3) is 0.524. The van der Waals surface area contributed by atoms with Crippen LogP contribution in [0.5, 0.6) is 6.01 Å². The Morgan fingerprint density at radius 2 is 1.54 bits per heavy atom. The van der Waals surface area contributed by atoms with Gasteiger partial charge < -0.3 is 38.2 Å². The predicted molar refractivity (Wildman–Crippen MR) is 114 cm³/mol. The van der Waals surface area contributed by atoms with E-state index in [4.69, 9.17) is 32.8 Å². The number of anilines is 1. The SMILES string of the molecule is COc1nc(NC2OC(COC(C)=O)C(OC(C)=O)C(OC(C)=O)C2OC(C)=O)c2ccoc2n1. The van der Waals surface area contributed by atoms with Gasteiger partial charge in [-0.3, -0.25) is 19.2 Å². The van der Waals surface area contributed by atoms with E-state index in [1.807, 2.05) is 0 Å². The Bertz CT molecular complexity index is 1100. The van der Waals surface area contributed by atoms with Gasteiger partial charge in [-0.05, 0) is 6.07 Å². The molecular formula is C21H25N3O11. The molecule has 190 valence electrons. The van der Waals surface area contributed by atoms with Crippen LogP contribution in [0.4, 0.5) is 5.82 Å². The van der Waals surface area contributed by atoms with Crippen molar-refractivity contribution in [3.8, 4) is 6.01 Å². The van der Waals surface area contributed by atoms with Crippen molar-refractivity contribution in [2.45, 2.75) is 58.3 Å². The number of fused-ring (bicyclic) bond motifs is 1. The van der Waals surface area contributed by atoms with Gasteiger partial charge in [-0.1, -0.05) is 0 Å².